The number of hydrogen-bond acceptors (Lipinski definition) is 3. The first-order valence-electron chi connectivity index (χ1n) is 6.89. The zero-order valence-electron chi connectivity index (χ0n) is 12.9. The molecule has 1 unspecified atom stereocenters. The molecule has 1 heterocycles. The lowest BCUT2D eigenvalue weighted by molar-refractivity contribution is 0.415. The molecular weight excluding hydrogens is 266 g/mol. The summed E-state index contributed by atoms with van der Waals surface area (Å²) in [5.74, 6) is 0.889. The summed E-state index contributed by atoms with van der Waals surface area (Å²) in [5, 5.41) is 7.84. The zero-order valence-corrected chi connectivity index (χ0v) is 13.7. The minimum Gasteiger partial charge on any atom is -0.495 e. The van der Waals surface area contributed by atoms with Crippen LogP contribution in [0.5, 0.6) is 5.75 Å². The summed E-state index contributed by atoms with van der Waals surface area (Å²) in [6.45, 7) is 8.84. The van der Waals surface area contributed by atoms with Gasteiger partial charge in [-0.05, 0) is 52.4 Å². The molecule has 0 radical (unpaired) electrons. The Morgan fingerprint density at radius 1 is 1.20 bits per heavy atom. The van der Waals surface area contributed by atoms with Crippen molar-refractivity contribution in [2.75, 3.05) is 12.4 Å². The smallest absolute Gasteiger partial charge is 0.141 e. The third-order valence-corrected chi connectivity index (χ3v) is 4.18. The first-order chi connectivity index (χ1) is 9.41. The maximum atomic E-state index is 5.47. The van der Waals surface area contributed by atoms with Gasteiger partial charge in [0.15, 0.2) is 0 Å². The Morgan fingerprint density at radius 3 is 2.50 bits per heavy atom. The number of ether oxygens (including phenoxy) is 1. The van der Waals surface area contributed by atoms with E-state index in [1.807, 2.05) is 6.07 Å². The normalized spacial score (nSPS) is 13.1. The van der Waals surface area contributed by atoms with Gasteiger partial charge in [-0.25, -0.2) is 0 Å². The van der Waals surface area contributed by atoms with Crippen molar-refractivity contribution < 1.29 is 4.74 Å². The Balaban J connectivity index is 2.29. The van der Waals surface area contributed by atoms with Crippen LogP contribution in [-0.4, -0.2) is 7.11 Å². The van der Waals surface area contributed by atoms with Crippen LogP contribution in [0.15, 0.2) is 35.0 Å². The number of thiophene rings is 1. The van der Waals surface area contributed by atoms with Crippen LogP contribution in [0.3, 0.4) is 0 Å². The van der Waals surface area contributed by atoms with Gasteiger partial charge < -0.3 is 10.1 Å². The lowest BCUT2D eigenvalue weighted by Crippen LogP contribution is -2.13. The third-order valence-electron chi connectivity index (χ3n) is 3.48. The van der Waals surface area contributed by atoms with Gasteiger partial charge in [0.2, 0.25) is 0 Å². The molecule has 0 fully saturated rings. The predicted molar refractivity (Wildman–Crippen MR) is 88.1 cm³/mol. The molecule has 1 aromatic carbocycles. The van der Waals surface area contributed by atoms with Crippen LogP contribution < -0.4 is 10.1 Å². The van der Waals surface area contributed by atoms with Gasteiger partial charge in [0.05, 0.1) is 12.8 Å². The maximum Gasteiger partial charge on any atom is 0.141 e. The fraction of sp³-hybridized carbons (Fsp3) is 0.412. The lowest BCUT2D eigenvalue weighted by atomic mass is 9.86. The minimum atomic E-state index is 0.133. The standard InChI is InChI=1S/C17H23NOS/c1-12(13-8-9-20-11-13)18-15-10-14(17(2,3)4)6-7-16(15)19-5/h6-12,18H,1-5H3. The van der Waals surface area contributed by atoms with Crippen molar-refractivity contribution in [1.82, 2.24) is 0 Å². The van der Waals surface area contributed by atoms with E-state index in [9.17, 15) is 0 Å². The Bertz CT molecular complexity index is 555. The molecule has 1 aromatic heterocycles. The molecule has 0 aliphatic rings. The summed E-state index contributed by atoms with van der Waals surface area (Å²) >= 11 is 1.72. The largest absolute Gasteiger partial charge is 0.495 e. The predicted octanol–water partition coefficient (Wildman–Crippen LogP) is 5.23. The summed E-state index contributed by atoms with van der Waals surface area (Å²) in [6, 6.07) is 8.80. The van der Waals surface area contributed by atoms with Gasteiger partial charge in [-0.2, -0.15) is 11.3 Å². The quantitative estimate of drug-likeness (QED) is 0.832. The van der Waals surface area contributed by atoms with Crippen LogP contribution in [0.2, 0.25) is 0 Å². The van der Waals surface area contributed by atoms with Crippen molar-refractivity contribution in [2.24, 2.45) is 0 Å². The average Bonchev–Trinajstić information content (AvgIpc) is 2.91. The first kappa shape index (κ1) is 14.9. The minimum absolute atomic E-state index is 0.133. The summed E-state index contributed by atoms with van der Waals surface area (Å²) in [4.78, 5) is 0. The second-order valence-electron chi connectivity index (χ2n) is 6.09. The molecule has 108 valence electrons. The van der Waals surface area contributed by atoms with Gasteiger partial charge in [-0.3, -0.25) is 0 Å². The molecule has 2 rings (SSSR count). The summed E-state index contributed by atoms with van der Waals surface area (Å²) < 4.78 is 5.47. The number of nitrogens with one attached hydrogen (secondary N) is 1. The number of rotatable bonds is 4. The van der Waals surface area contributed by atoms with Crippen molar-refractivity contribution in [3.8, 4) is 5.75 Å². The highest BCUT2D eigenvalue weighted by molar-refractivity contribution is 7.07. The highest BCUT2D eigenvalue weighted by Crippen LogP contribution is 2.33. The summed E-state index contributed by atoms with van der Waals surface area (Å²) in [5.41, 5.74) is 3.80. The highest BCUT2D eigenvalue weighted by atomic mass is 32.1. The maximum absolute atomic E-state index is 5.47. The molecule has 0 aliphatic heterocycles. The molecule has 2 aromatic rings. The van der Waals surface area contributed by atoms with E-state index < -0.39 is 0 Å². The molecule has 20 heavy (non-hydrogen) atoms. The number of benzene rings is 1. The Hall–Kier alpha value is -1.48. The molecule has 0 bridgehead atoms. The lowest BCUT2D eigenvalue weighted by Gasteiger charge is -2.23. The molecule has 1 N–H and O–H groups in total. The van der Waals surface area contributed by atoms with Gasteiger partial charge in [0.1, 0.15) is 5.75 Å². The second-order valence-corrected chi connectivity index (χ2v) is 6.87. The van der Waals surface area contributed by atoms with E-state index in [0.29, 0.717) is 0 Å². The van der Waals surface area contributed by atoms with Gasteiger partial charge in [-0.15, -0.1) is 0 Å². The van der Waals surface area contributed by atoms with Crippen LogP contribution in [-0.2, 0) is 5.41 Å². The number of hydrogen-bond donors (Lipinski definition) is 1. The van der Waals surface area contributed by atoms with Crippen molar-refractivity contribution in [3.05, 3.63) is 46.2 Å². The number of anilines is 1. The van der Waals surface area contributed by atoms with Crippen LogP contribution in [0.1, 0.15) is 44.9 Å². The van der Waals surface area contributed by atoms with Crippen LogP contribution in [0.4, 0.5) is 5.69 Å². The Morgan fingerprint density at radius 2 is 1.95 bits per heavy atom. The van der Waals surface area contributed by atoms with Gasteiger partial charge >= 0.3 is 0 Å². The van der Waals surface area contributed by atoms with Gasteiger partial charge in [-0.1, -0.05) is 26.8 Å². The molecule has 0 aliphatic carbocycles. The summed E-state index contributed by atoms with van der Waals surface area (Å²) in [6.07, 6.45) is 0. The van der Waals surface area contributed by atoms with E-state index in [-0.39, 0.29) is 11.5 Å². The fourth-order valence-corrected chi connectivity index (χ4v) is 2.88. The molecule has 0 amide bonds. The molecule has 3 heteroatoms. The van der Waals surface area contributed by atoms with E-state index in [2.05, 4.69) is 62.0 Å². The van der Waals surface area contributed by atoms with E-state index in [1.54, 1.807) is 18.4 Å². The van der Waals surface area contributed by atoms with Crippen molar-refractivity contribution >= 4 is 17.0 Å². The Labute approximate surface area is 125 Å². The van der Waals surface area contributed by atoms with Crippen molar-refractivity contribution in [3.63, 3.8) is 0 Å². The van der Waals surface area contributed by atoms with Crippen molar-refractivity contribution in [1.29, 1.82) is 0 Å². The van der Waals surface area contributed by atoms with Crippen LogP contribution in [0.25, 0.3) is 0 Å². The van der Waals surface area contributed by atoms with Gasteiger partial charge in [0.25, 0.3) is 0 Å². The first-order valence-corrected chi connectivity index (χ1v) is 7.83. The fourth-order valence-electron chi connectivity index (χ4n) is 2.13. The van der Waals surface area contributed by atoms with Crippen LogP contribution in [0, 0.1) is 0 Å². The Kier molecular flexibility index (Phi) is 4.39. The van der Waals surface area contributed by atoms with E-state index in [4.69, 9.17) is 4.74 Å². The molecule has 0 saturated carbocycles. The van der Waals surface area contributed by atoms with E-state index in [0.717, 1.165) is 11.4 Å². The molecule has 2 nitrogen and oxygen atoms in total. The zero-order chi connectivity index (χ0) is 14.8. The van der Waals surface area contributed by atoms with E-state index in [1.165, 1.54) is 11.1 Å². The monoisotopic (exact) mass is 289 g/mol. The average molecular weight is 289 g/mol. The molecule has 0 spiro atoms. The van der Waals surface area contributed by atoms with Crippen molar-refractivity contribution in [2.45, 2.75) is 39.2 Å². The highest BCUT2D eigenvalue weighted by Gasteiger charge is 2.17. The van der Waals surface area contributed by atoms with Crippen LogP contribution >= 0.6 is 11.3 Å². The van der Waals surface area contributed by atoms with E-state index >= 15 is 0 Å². The SMILES string of the molecule is COc1ccc(C(C)(C)C)cc1NC(C)c1ccsc1. The number of methoxy groups -OCH3 is 1. The second kappa shape index (κ2) is 5.88. The summed E-state index contributed by atoms with van der Waals surface area (Å²) in [7, 11) is 1.71. The molecule has 1 atom stereocenters. The van der Waals surface area contributed by atoms with Gasteiger partial charge in [0, 0.05) is 6.04 Å². The molecular formula is C17H23NOS. The molecule has 0 saturated heterocycles. The third kappa shape index (κ3) is 3.34. The topological polar surface area (TPSA) is 21.3 Å².